The molecular formula is C14H16N2O4. The van der Waals surface area contributed by atoms with Crippen LogP contribution in [0.25, 0.3) is 0 Å². The van der Waals surface area contributed by atoms with Crippen LogP contribution in [0.1, 0.15) is 16.1 Å². The Morgan fingerprint density at radius 3 is 2.80 bits per heavy atom. The summed E-state index contributed by atoms with van der Waals surface area (Å²) in [5.41, 5.74) is 1.14. The van der Waals surface area contributed by atoms with Crippen LogP contribution in [0.3, 0.4) is 0 Å². The van der Waals surface area contributed by atoms with Crippen molar-refractivity contribution in [2.24, 2.45) is 7.05 Å². The van der Waals surface area contributed by atoms with E-state index in [2.05, 4.69) is 5.10 Å². The lowest BCUT2D eigenvalue weighted by molar-refractivity contribution is 0.0692. The molecule has 1 aromatic carbocycles. The van der Waals surface area contributed by atoms with Crippen molar-refractivity contribution < 1.29 is 19.4 Å². The van der Waals surface area contributed by atoms with Crippen molar-refractivity contribution in [1.29, 1.82) is 0 Å². The molecule has 0 atom stereocenters. The maximum atomic E-state index is 11.1. The first kappa shape index (κ1) is 13.9. The number of benzene rings is 1. The van der Waals surface area contributed by atoms with Crippen molar-refractivity contribution in [3.05, 3.63) is 41.7 Å². The Bertz CT molecular complexity index is 607. The third-order valence-corrected chi connectivity index (χ3v) is 2.96. The van der Waals surface area contributed by atoms with E-state index in [0.717, 1.165) is 5.69 Å². The van der Waals surface area contributed by atoms with Crippen LogP contribution in [-0.4, -0.2) is 34.6 Å². The van der Waals surface area contributed by atoms with Gasteiger partial charge in [-0.3, -0.25) is 4.68 Å². The van der Waals surface area contributed by atoms with Gasteiger partial charge in [0, 0.05) is 31.4 Å². The Morgan fingerprint density at radius 1 is 1.40 bits per heavy atom. The van der Waals surface area contributed by atoms with Crippen molar-refractivity contribution in [2.45, 2.75) is 6.42 Å². The molecular weight excluding hydrogens is 260 g/mol. The van der Waals surface area contributed by atoms with Crippen LogP contribution in [0.15, 0.2) is 30.5 Å². The second-order valence-corrected chi connectivity index (χ2v) is 4.21. The van der Waals surface area contributed by atoms with E-state index in [1.807, 2.05) is 13.1 Å². The normalized spacial score (nSPS) is 10.3. The van der Waals surface area contributed by atoms with Crippen LogP contribution in [-0.2, 0) is 13.5 Å². The molecule has 0 aliphatic heterocycles. The fraction of sp³-hybridized carbons (Fsp3) is 0.286. The number of carboxylic acid groups (broad SMARTS) is 1. The first-order valence-electron chi connectivity index (χ1n) is 6.13. The molecule has 0 aliphatic rings. The van der Waals surface area contributed by atoms with Gasteiger partial charge in [0.2, 0.25) is 0 Å². The van der Waals surface area contributed by atoms with Crippen LogP contribution in [0.2, 0.25) is 0 Å². The molecule has 1 heterocycles. The molecule has 0 aliphatic carbocycles. The van der Waals surface area contributed by atoms with Gasteiger partial charge in [-0.15, -0.1) is 0 Å². The summed E-state index contributed by atoms with van der Waals surface area (Å²) in [4.78, 5) is 11.1. The Hall–Kier alpha value is -2.50. The number of carboxylic acids is 1. The van der Waals surface area contributed by atoms with Gasteiger partial charge in [0.1, 0.15) is 17.1 Å². The highest BCUT2D eigenvalue weighted by Crippen LogP contribution is 2.25. The fourth-order valence-electron chi connectivity index (χ4n) is 1.84. The first-order chi connectivity index (χ1) is 9.61. The maximum absolute atomic E-state index is 11.1. The topological polar surface area (TPSA) is 73.6 Å². The van der Waals surface area contributed by atoms with E-state index >= 15 is 0 Å². The lowest BCUT2D eigenvalue weighted by Crippen LogP contribution is -2.09. The molecule has 2 aromatic rings. The quantitative estimate of drug-likeness (QED) is 0.870. The number of aromatic carboxylic acids is 1. The molecule has 1 aromatic heterocycles. The average molecular weight is 276 g/mol. The molecule has 6 nitrogen and oxygen atoms in total. The Balaban J connectivity index is 2.07. The lowest BCUT2D eigenvalue weighted by Gasteiger charge is -2.10. The number of ether oxygens (including phenoxy) is 2. The molecule has 0 bridgehead atoms. The Kier molecular flexibility index (Phi) is 4.24. The van der Waals surface area contributed by atoms with E-state index in [1.165, 1.54) is 13.2 Å². The van der Waals surface area contributed by atoms with Crippen molar-refractivity contribution in [3.8, 4) is 11.5 Å². The van der Waals surface area contributed by atoms with Crippen molar-refractivity contribution in [2.75, 3.05) is 13.7 Å². The summed E-state index contributed by atoms with van der Waals surface area (Å²) in [6, 6.07) is 6.54. The average Bonchev–Trinajstić information content (AvgIpc) is 2.84. The number of aryl methyl sites for hydroxylation is 1. The molecule has 20 heavy (non-hydrogen) atoms. The summed E-state index contributed by atoms with van der Waals surface area (Å²) in [5.74, 6) is -0.160. The summed E-state index contributed by atoms with van der Waals surface area (Å²) in [7, 11) is 3.37. The highest BCUT2D eigenvalue weighted by Gasteiger charge is 2.12. The summed E-state index contributed by atoms with van der Waals surface area (Å²) in [6.45, 7) is 0.368. The van der Waals surface area contributed by atoms with Gasteiger partial charge in [-0.25, -0.2) is 4.79 Å². The summed E-state index contributed by atoms with van der Waals surface area (Å²) >= 11 is 0. The standard InChI is InChI=1S/C14H16N2O4/c1-16-10(5-7-15-16)6-8-20-13-9-11(19-2)3-4-12(13)14(17)18/h3-5,7,9H,6,8H2,1-2H3,(H,17,18). The zero-order chi connectivity index (χ0) is 14.5. The van der Waals surface area contributed by atoms with E-state index in [0.29, 0.717) is 24.5 Å². The van der Waals surface area contributed by atoms with E-state index in [4.69, 9.17) is 14.6 Å². The van der Waals surface area contributed by atoms with Gasteiger partial charge < -0.3 is 14.6 Å². The summed E-state index contributed by atoms with van der Waals surface area (Å²) in [5, 5.41) is 13.2. The van der Waals surface area contributed by atoms with Crippen molar-refractivity contribution in [1.82, 2.24) is 9.78 Å². The number of carbonyl (C=O) groups is 1. The van der Waals surface area contributed by atoms with E-state index in [9.17, 15) is 4.79 Å². The number of rotatable bonds is 6. The fourth-order valence-corrected chi connectivity index (χ4v) is 1.84. The molecule has 6 heteroatoms. The molecule has 0 saturated carbocycles. The van der Waals surface area contributed by atoms with Crippen LogP contribution >= 0.6 is 0 Å². The number of nitrogens with zero attached hydrogens (tertiary/aromatic N) is 2. The third kappa shape index (κ3) is 3.09. The van der Waals surface area contributed by atoms with Gasteiger partial charge >= 0.3 is 5.97 Å². The van der Waals surface area contributed by atoms with Crippen LogP contribution in [0.5, 0.6) is 11.5 Å². The molecule has 0 fully saturated rings. The monoisotopic (exact) mass is 276 g/mol. The van der Waals surface area contributed by atoms with Gasteiger partial charge in [0.25, 0.3) is 0 Å². The van der Waals surface area contributed by atoms with Gasteiger partial charge in [0.05, 0.1) is 13.7 Å². The van der Waals surface area contributed by atoms with Gasteiger partial charge in [0.15, 0.2) is 0 Å². The second kappa shape index (κ2) is 6.10. The first-order valence-corrected chi connectivity index (χ1v) is 6.13. The van der Waals surface area contributed by atoms with Crippen LogP contribution in [0, 0.1) is 0 Å². The Morgan fingerprint density at radius 2 is 2.20 bits per heavy atom. The molecule has 0 amide bonds. The van der Waals surface area contributed by atoms with Crippen molar-refractivity contribution >= 4 is 5.97 Å². The SMILES string of the molecule is COc1ccc(C(=O)O)c(OCCc2ccnn2C)c1. The van der Waals surface area contributed by atoms with Gasteiger partial charge in [-0.05, 0) is 18.2 Å². The second-order valence-electron chi connectivity index (χ2n) is 4.21. The maximum Gasteiger partial charge on any atom is 0.339 e. The summed E-state index contributed by atoms with van der Waals surface area (Å²) in [6.07, 6.45) is 2.36. The molecule has 106 valence electrons. The zero-order valence-electron chi connectivity index (χ0n) is 11.4. The molecule has 0 saturated heterocycles. The molecule has 0 spiro atoms. The van der Waals surface area contributed by atoms with E-state index in [-0.39, 0.29) is 5.56 Å². The highest BCUT2D eigenvalue weighted by molar-refractivity contribution is 5.91. The third-order valence-electron chi connectivity index (χ3n) is 2.96. The molecule has 0 radical (unpaired) electrons. The van der Waals surface area contributed by atoms with Crippen LogP contribution < -0.4 is 9.47 Å². The smallest absolute Gasteiger partial charge is 0.339 e. The largest absolute Gasteiger partial charge is 0.497 e. The number of hydrogen-bond donors (Lipinski definition) is 1. The van der Waals surface area contributed by atoms with Gasteiger partial charge in [-0.2, -0.15) is 5.10 Å². The van der Waals surface area contributed by atoms with Crippen molar-refractivity contribution in [3.63, 3.8) is 0 Å². The number of hydrogen-bond acceptors (Lipinski definition) is 4. The lowest BCUT2D eigenvalue weighted by atomic mass is 10.2. The minimum Gasteiger partial charge on any atom is -0.497 e. The van der Waals surface area contributed by atoms with E-state index < -0.39 is 5.97 Å². The zero-order valence-corrected chi connectivity index (χ0v) is 11.4. The molecule has 0 unspecified atom stereocenters. The minimum atomic E-state index is -1.02. The van der Waals surface area contributed by atoms with Crippen LogP contribution in [0.4, 0.5) is 0 Å². The molecule has 2 rings (SSSR count). The molecule has 1 N–H and O–H groups in total. The van der Waals surface area contributed by atoms with E-state index in [1.54, 1.807) is 23.0 Å². The Labute approximate surface area is 116 Å². The number of aromatic nitrogens is 2. The summed E-state index contributed by atoms with van der Waals surface area (Å²) < 4.78 is 12.4. The highest BCUT2D eigenvalue weighted by atomic mass is 16.5. The predicted molar refractivity (Wildman–Crippen MR) is 72.4 cm³/mol. The number of methoxy groups -OCH3 is 1. The minimum absolute atomic E-state index is 0.121. The van der Waals surface area contributed by atoms with Gasteiger partial charge in [-0.1, -0.05) is 0 Å². The predicted octanol–water partition coefficient (Wildman–Crippen LogP) is 1.75.